The van der Waals surface area contributed by atoms with Gasteiger partial charge in [-0.25, -0.2) is 9.37 Å². The summed E-state index contributed by atoms with van der Waals surface area (Å²) in [5, 5.41) is 3.06. The molecule has 172 valence electrons. The Bertz CT molecular complexity index is 1150. The van der Waals surface area contributed by atoms with Crippen LogP contribution < -0.4 is 11.1 Å². The molecule has 0 saturated carbocycles. The second-order valence-corrected chi connectivity index (χ2v) is 11.7. The van der Waals surface area contributed by atoms with Gasteiger partial charge in [-0.15, -0.1) is 0 Å². The van der Waals surface area contributed by atoms with E-state index in [-0.39, 0.29) is 28.5 Å². The molecule has 1 aliphatic rings. The molecule has 32 heavy (non-hydrogen) atoms. The van der Waals surface area contributed by atoms with Crippen LogP contribution in [0.3, 0.4) is 0 Å². The van der Waals surface area contributed by atoms with Crippen molar-refractivity contribution in [2.24, 2.45) is 10.7 Å². The number of anilines is 1. The van der Waals surface area contributed by atoms with Gasteiger partial charge in [-0.2, -0.15) is 10.6 Å². The van der Waals surface area contributed by atoms with E-state index in [1.807, 2.05) is 0 Å². The number of aromatic nitrogens is 1. The van der Waals surface area contributed by atoms with Gasteiger partial charge in [0.25, 0.3) is 5.91 Å². The van der Waals surface area contributed by atoms with Crippen LogP contribution in [0.15, 0.2) is 42.0 Å². The van der Waals surface area contributed by atoms with E-state index < -0.39 is 32.6 Å². The number of carbonyl (C=O) groups excluding carboxylic acids is 1. The highest BCUT2D eigenvalue weighted by atomic mass is 35.5. The minimum absolute atomic E-state index is 0.0246. The van der Waals surface area contributed by atoms with Crippen LogP contribution in [-0.4, -0.2) is 36.3 Å². The van der Waals surface area contributed by atoms with Gasteiger partial charge >= 0.3 is 0 Å². The third-order valence-electron chi connectivity index (χ3n) is 5.62. The summed E-state index contributed by atoms with van der Waals surface area (Å²) in [4.78, 5) is 21.4. The van der Waals surface area contributed by atoms with E-state index >= 15 is 0 Å². The second kappa shape index (κ2) is 8.15. The molecule has 3 rings (SSSR count). The van der Waals surface area contributed by atoms with E-state index in [9.17, 15) is 18.3 Å². The Hall–Kier alpha value is -2.46. The average Bonchev–Trinajstić information content (AvgIpc) is 2.67. The number of nitrogens with one attached hydrogen (secondary N) is 1. The van der Waals surface area contributed by atoms with Crippen LogP contribution in [0.25, 0.3) is 5.57 Å². The number of pyridine rings is 1. The standard InChI is InChI=1S/C22H26ClFN4O3S/c1-12(2)15-8-13(23)10-26-18(15)19(29)27-14-6-7-17(24)16(9-14)22(5)11-32(30,31)21(3,4)20(25)28-22/h6-10,30-31H,1,11H2,2-5H3,(H2,25,28)(H,27,29). The fourth-order valence-corrected chi connectivity index (χ4v) is 5.37. The number of hydrogen-bond donors (Lipinski definition) is 4. The SMILES string of the molecule is C=C(C)c1cc(Cl)cnc1C(=O)Nc1ccc(F)c(C2(C)CS(O)(O)C(C)(C)C(N)=N2)c1. The topological polar surface area (TPSA) is 121 Å². The first-order valence-electron chi connectivity index (χ1n) is 9.72. The predicted octanol–water partition coefficient (Wildman–Crippen LogP) is 5.27. The minimum Gasteiger partial charge on any atom is -0.386 e. The molecule has 1 unspecified atom stereocenters. The Morgan fingerprint density at radius 2 is 1.97 bits per heavy atom. The van der Waals surface area contributed by atoms with Crippen LogP contribution in [0.5, 0.6) is 0 Å². The minimum atomic E-state index is -3.22. The number of aliphatic imine (C=N–C) groups is 1. The number of allylic oxidation sites excluding steroid dienone is 1. The zero-order valence-corrected chi connectivity index (χ0v) is 19.8. The summed E-state index contributed by atoms with van der Waals surface area (Å²) in [6.45, 7) is 10.3. The Labute approximate surface area is 193 Å². The summed E-state index contributed by atoms with van der Waals surface area (Å²) in [7, 11) is -3.22. The molecule has 0 spiro atoms. The third-order valence-corrected chi connectivity index (χ3v) is 8.63. The summed E-state index contributed by atoms with van der Waals surface area (Å²) in [5.74, 6) is -1.32. The average molecular weight is 481 g/mol. The number of amides is 1. The number of nitrogens with two attached hydrogens (primary N) is 1. The molecule has 5 N–H and O–H groups in total. The van der Waals surface area contributed by atoms with Gasteiger partial charge in [-0.3, -0.25) is 18.9 Å². The summed E-state index contributed by atoms with van der Waals surface area (Å²) in [6, 6.07) is 5.58. The largest absolute Gasteiger partial charge is 0.386 e. The van der Waals surface area contributed by atoms with Gasteiger partial charge in [-0.05, 0) is 57.5 Å². The number of halogens is 2. The highest BCUT2D eigenvalue weighted by Gasteiger charge is 2.49. The van der Waals surface area contributed by atoms with Crippen molar-refractivity contribution in [2.75, 3.05) is 11.1 Å². The number of carbonyl (C=O) groups is 1. The van der Waals surface area contributed by atoms with Crippen LogP contribution in [0.1, 0.15) is 49.3 Å². The van der Waals surface area contributed by atoms with E-state index in [2.05, 4.69) is 21.9 Å². The number of amidine groups is 1. The summed E-state index contributed by atoms with van der Waals surface area (Å²) >= 11 is 5.98. The first kappa shape index (κ1) is 24.2. The molecule has 1 aliphatic heterocycles. The van der Waals surface area contributed by atoms with Crippen molar-refractivity contribution in [3.05, 3.63) is 64.7 Å². The molecular formula is C22H26ClFN4O3S. The van der Waals surface area contributed by atoms with E-state index in [1.54, 1.807) is 33.8 Å². The fourth-order valence-electron chi connectivity index (χ4n) is 3.46. The van der Waals surface area contributed by atoms with Gasteiger partial charge in [0.15, 0.2) is 0 Å². The van der Waals surface area contributed by atoms with Crippen molar-refractivity contribution < 1.29 is 18.3 Å². The van der Waals surface area contributed by atoms with Crippen LogP contribution in [0.4, 0.5) is 10.1 Å². The zero-order valence-electron chi connectivity index (χ0n) is 18.2. The molecule has 10 heteroatoms. The molecule has 2 aromatic rings. The Morgan fingerprint density at radius 3 is 2.56 bits per heavy atom. The maximum absolute atomic E-state index is 14.8. The highest BCUT2D eigenvalue weighted by molar-refractivity contribution is 8.26. The normalized spacial score (nSPS) is 22.6. The molecule has 1 aromatic carbocycles. The van der Waals surface area contributed by atoms with Crippen molar-refractivity contribution in [3.8, 4) is 0 Å². The van der Waals surface area contributed by atoms with Crippen molar-refractivity contribution >= 4 is 45.2 Å². The maximum Gasteiger partial charge on any atom is 0.274 e. The van der Waals surface area contributed by atoms with Crippen LogP contribution in [0.2, 0.25) is 5.02 Å². The monoisotopic (exact) mass is 480 g/mol. The number of rotatable bonds is 4. The van der Waals surface area contributed by atoms with E-state index in [4.69, 9.17) is 17.3 Å². The Balaban J connectivity index is 2.00. The smallest absolute Gasteiger partial charge is 0.274 e. The lowest BCUT2D eigenvalue weighted by atomic mass is 9.92. The summed E-state index contributed by atoms with van der Waals surface area (Å²) in [6.07, 6.45) is 1.35. The fraction of sp³-hybridized carbons (Fsp3) is 0.318. The molecule has 0 fully saturated rings. The van der Waals surface area contributed by atoms with Crippen LogP contribution in [0, 0.1) is 5.82 Å². The van der Waals surface area contributed by atoms with Gasteiger partial charge in [-0.1, -0.05) is 18.2 Å². The molecule has 1 atom stereocenters. The lowest BCUT2D eigenvalue weighted by molar-refractivity contribution is 0.102. The van der Waals surface area contributed by atoms with Crippen molar-refractivity contribution in [1.29, 1.82) is 0 Å². The molecule has 0 bridgehead atoms. The Kier molecular flexibility index (Phi) is 6.16. The molecule has 1 aromatic heterocycles. The number of hydrogen-bond acceptors (Lipinski definition) is 6. The van der Waals surface area contributed by atoms with E-state index in [1.165, 1.54) is 24.4 Å². The second-order valence-electron chi connectivity index (χ2n) is 8.57. The van der Waals surface area contributed by atoms with Crippen LogP contribution in [-0.2, 0) is 5.54 Å². The first-order chi connectivity index (χ1) is 14.7. The molecule has 7 nitrogen and oxygen atoms in total. The van der Waals surface area contributed by atoms with E-state index in [0.29, 0.717) is 16.2 Å². The number of nitrogens with zero attached hydrogens (tertiary/aromatic N) is 2. The highest BCUT2D eigenvalue weighted by Crippen LogP contribution is 2.59. The van der Waals surface area contributed by atoms with Crippen molar-refractivity contribution in [3.63, 3.8) is 0 Å². The first-order valence-corrected chi connectivity index (χ1v) is 11.8. The van der Waals surface area contributed by atoms with Gasteiger partial charge < -0.3 is 11.1 Å². The van der Waals surface area contributed by atoms with Crippen molar-refractivity contribution in [2.45, 2.75) is 38.0 Å². The van der Waals surface area contributed by atoms with Gasteiger partial charge in [0.05, 0.1) is 10.8 Å². The third kappa shape index (κ3) is 4.25. The zero-order chi connectivity index (χ0) is 24.1. The Morgan fingerprint density at radius 1 is 1.31 bits per heavy atom. The summed E-state index contributed by atoms with van der Waals surface area (Å²) in [5.41, 5.74) is 6.29. The molecule has 0 aliphatic carbocycles. The number of benzene rings is 1. The quantitative estimate of drug-likeness (QED) is 0.474. The van der Waals surface area contributed by atoms with E-state index in [0.717, 1.165) is 0 Å². The van der Waals surface area contributed by atoms with Crippen molar-refractivity contribution in [1.82, 2.24) is 4.98 Å². The lowest BCUT2D eigenvalue weighted by Crippen LogP contribution is -2.52. The van der Waals surface area contributed by atoms with Crippen LogP contribution >= 0.6 is 22.2 Å². The lowest BCUT2D eigenvalue weighted by Gasteiger charge is -2.53. The molecule has 0 saturated heterocycles. The van der Waals surface area contributed by atoms with Gasteiger partial charge in [0.1, 0.15) is 27.6 Å². The maximum atomic E-state index is 14.8. The molecule has 2 heterocycles. The summed E-state index contributed by atoms with van der Waals surface area (Å²) < 4.78 is 35.1. The molecule has 1 amide bonds. The van der Waals surface area contributed by atoms with Gasteiger partial charge in [0.2, 0.25) is 0 Å². The molecular weight excluding hydrogens is 455 g/mol. The van der Waals surface area contributed by atoms with Gasteiger partial charge in [0, 0.05) is 23.0 Å². The predicted molar refractivity (Wildman–Crippen MR) is 129 cm³/mol. The molecule has 0 radical (unpaired) electrons.